The number of carbonyl (C=O) groups is 2. The molecule has 2 aliphatic heterocycles. The number of hydrogen-bond donors (Lipinski definition) is 1. The second kappa shape index (κ2) is 8.65. The summed E-state index contributed by atoms with van der Waals surface area (Å²) in [5.74, 6) is -0.839. The molecule has 0 radical (unpaired) electrons. The highest BCUT2D eigenvalue weighted by molar-refractivity contribution is 7.22. The van der Waals surface area contributed by atoms with E-state index in [1.807, 2.05) is 25.1 Å². The minimum Gasteiger partial charge on any atom is -0.507 e. The fourth-order valence-electron chi connectivity index (χ4n) is 4.46. The summed E-state index contributed by atoms with van der Waals surface area (Å²) in [6, 6.07) is 16.7. The Morgan fingerprint density at radius 3 is 2.56 bits per heavy atom. The number of aliphatic hydroxyl groups is 1. The number of fused-ring (bicyclic) bond motifs is 2. The Kier molecular flexibility index (Phi) is 5.43. The first-order valence-corrected chi connectivity index (χ1v) is 12.4. The predicted octanol–water partition coefficient (Wildman–Crippen LogP) is 5.66. The summed E-state index contributed by atoms with van der Waals surface area (Å²) >= 11 is 7.43. The lowest BCUT2D eigenvalue weighted by atomic mass is 9.95. The third kappa shape index (κ3) is 3.70. The van der Waals surface area contributed by atoms with E-state index in [9.17, 15) is 14.7 Å². The molecule has 2 aliphatic rings. The van der Waals surface area contributed by atoms with Crippen molar-refractivity contribution in [2.75, 3.05) is 18.1 Å². The van der Waals surface area contributed by atoms with Crippen LogP contribution in [0.15, 0.2) is 66.2 Å². The topological polar surface area (TPSA) is 89.0 Å². The summed E-state index contributed by atoms with van der Waals surface area (Å²) in [6.07, 6.45) is 0. The maximum Gasteiger partial charge on any atom is 0.301 e. The Hall–Kier alpha value is -3.88. The molecule has 1 amide bonds. The first-order valence-electron chi connectivity index (χ1n) is 11.2. The number of hydrogen-bond acceptors (Lipinski definition) is 7. The molecule has 36 heavy (non-hydrogen) atoms. The van der Waals surface area contributed by atoms with E-state index in [0.717, 1.165) is 15.8 Å². The lowest BCUT2D eigenvalue weighted by Crippen LogP contribution is -2.29. The molecule has 1 saturated heterocycles. The van der Waals surface area contributed by atoms with Crippen LogP contribution in [0.5, 0.6) is 11.5 Å². The summed E-state index contributed by atoms with van der Waals surface area (Å²) in [7, 11) is 0. The zero-order chi connectivity index (χ0) is 25.0. The van der Waals surface area contributed by atoms with Gasteiger partial charge in [0.15, 0.2) is 16.6 Å². The van der Waals surface area contributed by atoms with Crippen molar-refractivity contribution in [1.82, 2.24) is 4.98 Å². The number of aryl methyl sites for hydroxylation is 1. The summed E-state index contributed by atoms with van der Waals surface area (Å²) in [5.41, 5.74) is 2.72. The molecule has 3 heterocycles. The number of thiazole rings is 1. The van der Waals surface area contributed by atoms with E-state index in [1.54, 1.807) is 42.5 Å². The van der Waals surface area contributed by atoms with Crippen LogP contribution in [0.3, 0.4) is 0 Å². The third-order valence-corrected chi connectivity index (χ3v) is 7.45. The van der Waals surface area contributed by atoms with Crippen LogP contribution in [0, 0.1) is 6.92 Å². The number of rotatable bonds is 3. The lowest BCUT2D eigenvalue weighted by Gasteiger charge is -2.23. The Morgan fingerprint density at radius 1 is 1.03 bits per heavy atom. The summed E-state index contributed by atoms with van der Waals surface area (Å²) < 4.78 is 12.1. The van der Waals surface area contributed by atoms with Gasteiger partial charge in [-0.05, 0) is 60.5 Å². The second-order valence-corrected chi connectivity index (χ2v) is 9.99. The number of aromatic nitrogens is 1. The van der Waals surface area contributed by atoms with E-state index in [0.29, 0.717) is 46.0 Å². The number of ketones is 1. The lowest BCUT2D eigenvalue weighted by molar-refractivity contribution is -0.132. The number of ether oxygens (including phenoxy) is 2. The smallest absolute Gasteiger partial charge is 0.301 e. The van der Waals surface area contributed by atoms with Gasteiger partial charge < -0.3 is 14.6 Å². The molecule has 6 rings (SSSR count). The first kappa shape index (κ1) is 22.6. The van der Waals surface area contributed by atoms with Crippen LogP contribution in [-0.4, -0.2) is 35.0 Å². The van der Waals surface area contributed by atoms with E-state index in [-0.39, 0.29) is 11.3 Å². The maximum atomic E-state index is 13.4. The van der Waals surface area contributed by atoms with E-state index >= 15 is 0 Å². The number of carbonyl (C=O) groups excluding carboxylic acids is 2. The molecule has 7 nitrogen and oxygen atoms in total. The SMILES string of the molecule is Cc1ccc2nc(N3C(=O)C(=O)C(=C(O)c4ccc5c(c4)OCCO5)[C@@H]3c3ccc(Cl)cc3)sc2c1. The van der Waals surface area contributed by atoms with Crippen LogP contribution in [0.1, 0.15) is 22.7 Å². The van der Waals surface area contributed by atoms with Gasteiger partial charge in [0, 0.05) is 10.6 Å². The normalized spacial score (nSPS) is 18.7. The molecule has 0 bridgehead atoms. The van der Waals surface area contributed by atoms with Gasteiger partial charge in [-0.25, -0.2) is 4.98 Å². The number of aliphatic hydroxyl groups excluding tert-OH is 1. The zero-order valence-electron chi connectivity index (χ0n) is 19.0. The van der Waals surface area contributed by atoms with E-state index in [4.69, 9.17) is 21.1 Å². The zero-order valence-corrected chi connectivity index (χ0v) is 20.6. The minimum absolute atomic E-state index is 0.0329. The largest absolute Gasteiger partial charge is 0.507 e. The van der Waals surface area contributed by atoms with Crippen LogP contribution in [0.4, 0.5) is 5.13 Å². The van der Waals surface area contributed by atoms with Crippen LogP contribution in [0.25, 0.3) is 16.0 Å². The van der Waals surface area contributed by atoms with Crippen molar-refractivity contribution in [3.8, 4) is 11.5 Å². The van der Waals surface area contributed by atoms with E-state index in [2.05, 4.69) is 4.98 Å². The third-order valence-electron chi connectivity index (χ3n) is 6.18. The van der Waals surface area contributed by atoms with Crippen molar-refractivity contribution in [2.24, 2.45) is 0 Å². The van der Waals surface area contributed by atoms with Crippen molar-refractivity contribution in [3.63, 3.8) is 0 Å². The van der Waals surface area contributed by atoms with Gasteiger partial charge in [0.2, 0.25) is 0 Å². The molecule has 0 saturated carbocycles. The second-order valence-electron chi connectivity index (χ2n) is 8.55. The molecule has 1 fully saturated rings. The van der Waals surface area contributed by atoms with Gasteiger partial charge in [-0.2, -0.15) is 0 Å². The molecule has 3 aromatic carbocycles. The molecule has 1 aromatic heterocycles. The molecule has 9 heteroatoms. The number of nitrogens with zero attached hydrogens (tertiary/aromatic N) is 2. The fraction of sp³-hybridized carbons (Fsp3) is 0.148. The highest BCUT2D eigenvalue weighted by Gasteiger charge is 2.48. The number of anilines is 1. The van der Waals surface area contributed by atoms with Gasteiger partial charge >= 0.3 is 5.91 Å². The molecule has 1 atom stereocenters. The molecule has 4 aromatic rings. The molecule has 0 spiro atoms. The standard InChI is InChI=1S/C27H19ClN2O5S/c1-14-2-8-18-21(12-14)36-27(29-18)30-23(15-3-6-17(28)7-4-15)22(25(32)26(30)33)24(31)16-5-9-19-20(13-16)35-11-10-34-19/h2-9,12-13,23,31H,10-11H2,1H3/t23-/m0/s1. The number of benzene rings is 3. The van der Waals surface area contributed by atoms with E-state index < -0.39 is 17.7 Å². The van der Waals surface area contributed by atoms with Crippen molar-refractivity contribution >= 4 is 55.7 Å². The highest BCUT2D eigenvalue weighted by atomic mass is 35.5. The van der Waals surface area contributed by atoms with Gasteiger partial charge in [0.1, 0.15) is 19.0 Å². The number of Topliss-reactive ketones (excluding diaryl/α,β-unsaturated/α-hetero) is 1. The van der Waals surface area contributed by atoms with Gasteiger partial charge in [0.05, 0.1) is 21.8 Å². The molecule has 180 valence electrons. The number of amides is 1. The first-order chi connectivity index (χ1) is 17.4. The maximum absolute atomic E-state index is 13.4. The van der Waals surface area contributed by atoms with Gasteiger partial charge in [-0.1, -0.05) is 41.1 Å². The van der Waals surface area contributed by atoms with Crippen LogP contribution in [-0.2, 0) is 9.59 Å². The monoisotopic (exact) mass is 518 g/mol. The van der Waals surface area contributed by atoms with Crippen LogP contribution >= 0.6 is 22.9 Å². The fourth-order valence-corrected chi connectivity index (χ4v) is 5.68. The Balaban J connectivity index is 1.54. The average molecular weight is 519 g/mol. The van der Waals surface area contributed by atoms with Crippen LogP contribution in [0.2, 0.25) is 5.02 Å². The Labute approximate surface area is 215 Å². The van der Waals surface area contributed by atoms with Crippen molar-refractivity contribution in [3.05, 3.63) is 87.9 Å². The molecule has 1 N–H and O–H groups in total. The Morgan fingerprint density at radius 2 is 1.78 bits per heavy atom. The summed E-state index contributed by atoms with van der Waals surface area (Å²) in [4.78, 5) is 32.8. The molecular formula is C27H19ClN2O5S. The van der Waals surface area contributed by atoms with Crippen molar-refractivity contribution < 1.29 is 24.2 Å². The van der Waals surface area contributed by atoms with Gasteiger partial charge in [-0.15, -0.1) is 0 Å². The van der Waals surface area contributed by atoms with Crippen molar-refractivity contribution in [2.45, 2.75) is 13.0 Å². The number of halogens is 1. The summed E-state index contributed by atoms with van der Waals surface area (Å²) in [5, 5.41) is 12.3. The average Bonchev–Trinajstić information content (AvgIpc) is 3.41. The molecule has 0 aliphatic carbocycles. The Bertz CT molecular complexity index is 1580. The molecular weight excluding hydrogens is 500 g/mol. The van der Waals surface area contributed by atoms with Gasteiger partial charge in [-0.3, -0.25) is 14.5 Å². The van der Waals surface area contributed by atoms with Gasteiger partial charge in [0.25, 0.3) is 5.78 Å². The highest BCUT2D eigenvalue weighted by Crippen LogP contribution is 2.45. The minimum atomic E-state index is -0.892. The molecule has 0 unspecified atom stereocenters. The summed E-state index contributed by atoms with van der Waals surface area (Å²) in [6.45, 7) is 2.79. The van der Waals surface area contributed by atoms with Crippen LogP contribution < -0.4 is 14.4 Å². The predicted molar refractivity (Wildman–Crippen MR) is 138 cm³/mol. The van der Waals surface area contributed by atoms with E-state index in [1.165, 1.54) is 16.2 Å². The van der Waals surface area contributed by atoms with Crippen molar-refractivity contribution in [1.29, 1.82) is 0 Å². The quantitative estimate of drug-likeness (QED) is 0.214.